The minimum atomic E-state index is -4.12. The molecule has 23 heavy (non-hydrogen) atoms. The first-order valence-corrected chi connectivity index (χ1v) is 7.15. The van der Waals surface area contributed by atoms with Crippen molar-refractivity contribution in [2.75, 3.05) is 0 Å². The molecule has 0 radical (unpaired) electrons. The van der Waals surface area contributed by atoms with E-state index in [1.165, 1.54) is 6.08 Å². The van der Waals surface area contributed by atoms with Crippen molar-refractivity contribution in [3.05, 3.63) is 35.3 Å². The molecule has 2 heterocycles. The van der Waals surface area contributed by atoms with Crippen molar-refractivity contribution in [3.63, 3.8) is 0 Å². The van der Waals surface area contributed by atoms with E-state index in [0.29, 0.717) is 0 Å². The van der Waals surface area contributed by atoms with E-state index in [9.17, 15) is 17.6 Å². The molecule has 0 aromatic heterocycles. The SMILES string of the molecule is C\C1=C/C=C(B2OC(C)(C)C(C)(C)O2)\C=C\C(F)(F)OC1(F)F. The summed E-state index contributed by atoms with van der Waals surface area (Å²) in [6.45, 7) is 8.23. The van der Waals surface area contributed by atoms with Gasteiger partial charge in [-0.2, -0.15) is 17.6 Å². The van der Waals surface area contributed by atoms with E-state index in [2.05, 4.69) is 4.74 Å². The smallest absolute Gasteiger partial charge is 0.399 e. The highest BCUT2D eigenvalue weighted by Crippen LogP contribution is 2.40. The molecule has 1 saturated heterocycles. The second kappa shape index (κ2) is 5.46. The second-order valence-electron chi connectivity index (χ2n) is 6.62. The van der Waals surface area contributed by atoms with Gasteiger partial charge in [-0.1, -0.05) is 18.2 Å². The molecule has 0 N–H and O–H groups in total. The fraction of sp³-hybridized carbons (Fsp3) is 0.600. The summed E-state index contributed by atoms with van der Waals surface area (Å²) in [6.07, 6.45) is -4.66. The van der Waals surface area contributed by atoms with E-state index < -0.39 is 36.1 Å². The number of ether oxygens (including phenoxy) is 1. The predicted molar refractivity (Wildman–Crippen MR) is 78.0 cm³/mol. The molecule has 1 fully saturated rings. The zero-order valence-corrected chi connectivity index (χ0v) is 13.6. The van der Waals surface area contributed by atoms with Crippen molar-refractivity contribution in [3.8, 4) is 0 Å². The molecule has 0 unspecified atom stereocenters. The normalized spacial score (nSPS) is 34.4. The maximum atomic E-state index is 13.6. The van der Waals surface area contributed by atoms with Crippen LogP contribution >= 0.6 is 0 Å². The molecule has 2 aliphatic rings. The van der Waals surface area contributed by atoms with Crippen molar-refractivity contribution in [2.24, 2.45) is 0 Å². The van der Waals surface area contributed by atoms with E-state index >= 15 is 0 Å². The van der Waals surface area contributed by atoms with Gasteiger partial charge in [0, 0.05) is 11.6 Å². The predicted octanol–water partition coefficient (Wildman–Crippen LogP) is 4.26. The Labute approximate surface area is 133 Å². The summed E-state index contributed by atoms with van der Waals surface area (Å²) in [7, 11) is -0.942. The molecular weight excluding hydrogens is 315 g/mol. The van der Waals surface area contributed by atoms with Crippen molar-refractivity contribution in [1.82, 2.24) is 0 Å². The maximum Gasteiger partial charge on any atom is 0.494 e. The Morgan fingerprint density at radius 1 is 0.913 bits per heavy atom. The molecule has 0 atom stereocenters. The number of alkyl halides is 4. The Morgan fingerprint density at radius 3 is 1.96 bits per heavy atom. The standard InChI is InChI=1S/C15H19BF4O3/c1-10-6-7-11(8-9-14(17,18)21-15(10,19)20)16-22-12(2,3)13(4,5)23-16/h6-9H,1-5H3/b9-8+,10-6+,11-7+. The molecule has 0 bridgehead atoms. The monoisotopic (exact) mass is 334 g/mol. The van der Waals surface area contributed by atoms with Crippen LogP contribution in [0, 0.1) is 0 Å². The first kappa shape index (κ1) is 18.2. The van der Waals surface area contributed by atoms with Crippen LogP contribution < -0.4 is 0 Å². The van der Waals surface area contributed by atoms with Gasteiger partial charge in [0.05, 0.1) is 11.2 Å². The minimum absolute atomic E-state index is 0.198. The minimum Gasteiger partial charge on any atom is -0.399 e. The molecule has 0 saturated carbocycles. The van der Waals surface area contributed by atoms with Crippen LogP contribution in [0.2, 0.25) is 0 Å². The third-order valence-corrected chi connectivity index (χ3v) is 4.24. The van der Waals surface area contributed by atoms with Crippen molar-refractivity contribution < 1.29 is 31.6 Å². The first-order valence-electron chi connectivity index (χ1n) is 7.15. The Hall–Kier alpha value is -1.12. The van der Waals surface area contributed by atoms with Crippen molar-refractivity contribution in [1.29, 1.82) is 0 Å². The zero-order chi connectivity index (χ0) is 17.7. The van der Waals surface area contributed by atoms with Crippen molar-refractivity contribution >= 4 is 7.12 Å². The summed E-state index contributed by atoms with van der Waals surface area (Å²) >= 11 is 0. The third-order valence-electron chi connectivity index (χ3n) is 4.24. The summed E-state index contributed by atoms with van der Waals surface area (Å²) in [5.74, 6) is 0. The molecule has 128 valence electrons. The molecular formula is C15H19BF4O3. The van der Waals surface area contributed by atoms with Gasteiger partial charge in [-0.3, -0.25) is 0 Å². The second-order valence-corrected chi connectivity index (χ2v) is 6.62. The highest BCUT2D eigenvalue weighted by Gasteiger charge is 2.52. The topological polar surface area (TPSA) is 27.7 Å². The van der Waals surface area contributed by atoms with Crippen LogP contribution in [0.15, 0.2) is 35.3 Å². The Bertz CT molecular complexity index is 563. The number of allylic oxidation sites excluding steroid dienone is 4. The van der Waals surface area contributed by atoms with Gasteiger partial charge in [-0.25, -0.2) is 4.74 Å². The van der Waals surface area contributed by atoms with E-state index in [4.69, 9.17) is 9.31 Å². The fourth-order valence-corrected chi connectivity index (χ4v) is 1.99. The van der Waals surface area contributed by atoms with Crippen LogP contribution in [0.1, 0.15) is 34.6 Å². The van der Waals surface area contributed by atoms with E-state index in [-0.39, 0.29) is 11.5 Å². The molecule has 0 amide bonds. The quantitative estimate of drug-likeness (QED) is 0.530. The number of hydrogen-bond acceptors (Lipinski definition) is 3. The average molecular weight is 334 g/mol. The molecule has 0 spiro atoms. The van der Waals surface area contributed by atoms with Gasteiger partial charge in [-0.05, 0) is 40.1 Å². The highest BCUT2D eigenvalue weighted by molar-refractivity contribution is 6.55. The lowest BCUT2D eigenvalue weighted by atomic mass is 9.77. The lowest BCUT2D eigenvalue weighted by molar-refractivity contribution is -0.337. The summed E-state index contributed by atoms with van der Waals surface area (Å²) in [6, 6.07) is 0. The number of hydrogen-bond donors (Lipinski definition) is 0. The van der Waals surface area contributed by atoms with Gasteiger partial charge in [0.15, 0.2) is 0 Å². The van der Waals surface area contributed by atoms with Crippen LogP contribution in [-0.4, -0.2) is 30.5 Å². The van der Waals surface area contributed by atoms with Gasteiger partial charge in [0.1, 0.15) is 0 Å². The largest absolute Gasteiger partial charge is 0.494 e. The van der Waals surface area contributed by atoms with Gasteiger partial charge in [0.25, 0.3) is 0 Å². The molecule has 8 heteroatoms. The fourth-order valence-electron chi connectivity index (χ4n) is 1.99. The van der Waals surface area contributed by atoms with Crippen LogP contribution in [0.5, 0.6) is 0 Å². The number of rotatable bonds is 1. The Balaban J connectivity index is 2.40. The van der Waals surface area contributed by atoms with E-state index in [0.717, 1.165) is 19.1 Å². The number of halogens is 4. The molecule has 2 aliphatic heterocycles. The summed E-state index contributed by atoms with van der Waals surface area (Å²) in [4.78, 5) is 0. The van der Waals surface area contributed by atoms with E-state index in [1.807, 2.05) is 0 Å². The van der Waals surface area contributed by atoms with Crippen LogP contribution in [0.25, 0.3) is 0 Å². The average Bonchev–Trinajstić information content (AvgIpc) is 2.57. The molecule has 3 nitrogen and oxygen atoms in total. The molecule has 0 aromatic rings. The van der Waals surface area contributed by atoms with Crippen LogP contribution in [-0.2, 0) is 14.0 Å². The lowest BCUT2D eigenvalue weighted by Gasteiger charge is -2.32. The first-order chi connectivity index (χ1) is 10.3. The third kappa shape index (κ3) is 3.70. The highest BCUT2D eigenvalue weighted by atomic mass is 19.3. The van der Waals surface area contributed by atoms with Gasteiger partial charge in [0.2, 0.25) is 0 Å². The van der Waals surface area contributed by atoms with Gasteiger partial charge >= 0.3 is 19.3 Å². The Kier molecular flexibility index (Phi) is 4.33. The van der Waals surface area contributed by atoms with E-state index in [1.54, 1.807) is 27.7 Å². The van der Waals surface area contributed by atoms with Crippen LogP contribution in [0.3, 0.4) is 0 Å². The maximum absolute atomic E-state index is 13.6. The summed E-state index contributed by atoms with van der Waals surface area (Å²) < 4.78 is 69.3. The van der Waals surface area contributed by atoms with Gasteiger partial charge in [-0.15, -0.1) is 0 Å². The summed E-state index contributed by atoms with van der Waals surface area (Å²) in [5, 5.41) is 0. The Morgan fingerprint density at radius 2 is 1.43 bits per heavy atom. The molecule has 2 rings (SSSR count). The summed E-state index contributed by atoms with van der Waals surface area (Å²) in [5.41, 5.74) is -1.79. The van der Waals surface area contributed by atoms with Crippen LogP contribution in [0.4, 0.5) is 17.6 Å². The van der Waals surface area contributed by atoms with Gasteiger partial charge < -0.3 is 9.31 Å². The lowest BCUT2D eigenvalue weighted by Crippen LogP contribution is -2.41. The zero-order valence-electron chi connectivity index (χ0n) is 13.6. The van der Waals surface area contributed by atoms with Crippen molar-refractivity contribution in [2.45, 2.75) is 58.0 Å². The molecule has 0 aliphatic carbocycles. The molecule has 0 aromatic carbocycles.